The van der Waals surface area contributed by atoms with Crippen molar-refractivity contribution in [3.05, 3.63) is 114 Å². The van der Waals surface area contributed by atoms with E-state index in [1.165, 1.54) is 4.57 Å². The summed E-state index contributed by atoms with van der Waals surface area (Å²) in [6.45, 7) is 0.293. The van der Waals surface area contributed by atoms with Gasteiger partial charge in [0.15, 0.2) is 0 Å². The third-order valence-electron chi connectivity index (χ3n) is 6.01. The maximum absolute atomic E-state index is 12.6. The predicted octanol–water partition coefficient (Wildman–Crippen LogP) is 4.81. The Hall–Kier alpha value is -4.65. The first-order valence-corrected chi connectivity index (χ1v) is 11.6. The Morgan fingerprint density at radius 1 is 0.750 bits per heavy atom. The minimum Gasteiger partial charge on any atom is -0.492 e. The number of nitrogens with one attached hydrogen (secondary N) is 1. The summed E-state index contributed by atoms with van der Waals surface area (Å²) in [4.78, 5) is 12.6. The Bertz CT molecular complexity index is 1280. The number of aromatic nitrogens is 1. The normalized spacial score (nSPS) is 16.9. The second-order valence-electron chi connectivity index (χ2n) is 8.47. The number of carbonyl (C=O) groups is 1. The first-order valence-electron chi connectivity index (χ1n) is 11.6. The van der Waals surface area contributed by atoms with E-state index in [-0.39, 0.29) is 42.4 Å². The van der Waals surface area contributed by atoms with Gasteiger partial charge in [-0.2, -0.15) is 0 Å². The number of aromatic hydroxyl groups is 2. The molecule has 3 N–H and O–H groups in total. The van der Waals surface area contributed by atoms with Crippen molar-refractivity contribution >= 4 is 12.0 Å². The van der Waals surface area contributed by atoms with E-state index in [9.17, 15) is 15.0 Å². The molecule has 0 radical (unpaired) electrons. The molecule has 0 spiro atoms. The molecule has 2 unspecified atom stereocenters. The number of hydrogen-bond acceptors (Lipinski definition) is 5. The fourth-order valence-electron chi connectivity index (χ4n) is 4.11. The molecule has 7 nitrogen and oxygen atoms in total. The highest BCUT2D eigenvalue weighted by atomic mass is 16.5. The average Bonchev–Trinajstić information content (AvgIpc) is 3.14. The zero-order valence-corrected chi connectivity index (χ0v) is 19.5. The Kier molecular flexibility index (Phi) is 6.62. The van der Waals surface area contributed by atoms with E-state index < -0.39 is 12.1 Å². The van der Waals surface area contributed by atoms with Gasteiger partial charge in [-0.05, 0) is 16.7 Å². The first kappa shape index (κ1) is 23.1. The number of nitrogens with zero attached hydrogens (tertiary/aromatic N) is 1. The monoisotopic (exact) mass is 482 g/mol. The molecule has 1 saturated heterocycles. The lowest BCUT2D eigenvalue weighted by Crippen LogP contribution is -2.57. The summed E-state index contributed by atoms with van der Waals surface area (Å²) in [5, 5.41) is 25.0. The third-order valence-corrected chi connectivity index (χ3v) is 6.01. The fourth-order valence-corrected chi connectivity index (χ4v) is 4.11. The smallest absolute Gasteiger partial charge is 0.246 e. The molecule has 4 aromatic rings. The second kappa shape index (κ2) is 10.3. The number of hydrogen-bond donors (Lipinski definition) is 3. The van der Waals surface area contributed by atoms with Gasteiger partial charge < -0.3 is 25.0 Å². The number of carbonyl (C=O) groups excluding carboxylic acids is 1. The Labute approximate surface area is 208 Å². The van der Waals surface area contributed by atoms with Crippen LogP contribution in [-0.4, -0.2) is 26.7 Å². The Morgan fingerprint density at radius 3 is 1.69 bits per heavy atom. The molecule has 0 bridgehead atoms. The van der Waals surface area contributed by atoms with Crippen molar-refractivity contribution in [1.82, 2.24) is 9.88 Å². The molecule has 2 atom stereocenters. The van der Waals surface area contributed by atoms with Crippen molar-refractivity contribution in [3.8, 4) is 23.3 Å². The van der Waals surface area contributed by atoms with Gasteiger partial charge in [-0.15, -0.1) is 0 Å². The summed E-state index contributed by atoms with van der Waals surface area (Å²) in [7, 11) is 0. The van der Waals surface area contributed by atoms with Gasteiger partial charge in [0, 0.05) is 0 Å². The summed E-state index contributed by atoms with van der Waals surface area (Å²) >= 11 is 0. The van der Waals surface area contributed by atoms with E-state index in [0.29, 0.717) is 0 Å². The second-order valence-corrected chi connectivity index (χ2v) is 8.47. The van der Waals surface area contributed by atoms with Crippen molar-refractivity contribution in [2.24, 2.45) is 0 Å². The molecule has 7 heteroatoms. The van der Waals surface area contributed by atoms with Crippen LogP contribution in [0.5, 0.6) is 23.3 Å². The predicted molar refractivity (Wildman–Crippen MR) is 136 cm³/mol. The van der Waals surface area contributed by atoms with Gasteiger partial charge in [-0.1, -0.05) is 103 Å². The van der Waals surface area contributed by atoms with Gasteiger partial charge >= 0.3 is 0 Å². The lowest BCUT2D eigenvalue weighted by atomic mass is 9.97. The molecule has 0 saturated carbocycles. The Balaban J connectivity index is 1.45. The van der Waals surface area contributed by atoms with Crippen LogP contribution in [0.3, 0.4) is 0 Å². The third kappa shape index (κ3) is 4.77. The lowest BCUT2D eigenvalue weighted by Gasteiger charge is -2.36. The van der Waals surface area contributed by atoms with Crippen LogP contribution >= 0.6 is 0 Å². The van der Waals surface area contributed by atoms with Crippen LogP contribution in [0.2, 0.25) is 0 Å². The van der Waals surface area contributed by atoms with Gasteiger partial charge in [-0.25, -0.2) is 0 Å². The molecular formula is C29H26N2O5. The van der Waals surface area contributed by atoms with Gasteiger partial charge in [0.25, 0.3) is 0 Å². The number of ether oxygens (including phenoxy) is 2. The number of β-lactam (4-membered cyclic amide) rings is 1. The van der Waals surface area contributed by atoms with Gasteiger partial charge in [0.1, 0.15) is 19.3 Å². The van der Waals surface area contributed by atoms with Crippen molar-refractivity contribution in [1.29, 1.82) is 0 Å². The average molecular weight is 483 g/mol. The van der Waals surface area contributed by atoms with Crippen LogP contribution in [0, 0.1) is 0 Å². The van der Waals surface area contributed by atoms with Gasteiger partial charge in [0.2, 0.25) is 29.2 Å². The molecule has 182 valence electrons. The molecule has 36 heavy (non-hydrogen) atoms. The summed E-state index contributed by atoms with van der Waals surface area (Å²) in [6, 6.07) is 27.3. The molecule has 1 amide bonds. The van der Waals surface area contributed by atoms with Crippen LogP contribution in [-0.2, 0) is 18.0 Å². The lowest BCUT2D eigenvalue weighted by molar-refractivity contribution is -0.132. The zero-order valence-electron chi connectivity index (χ0n) is 19.5. The van der Waals surface area contributed by atoms with E-state index in [1.54, 1.807) is 0 Å². The molecule has 3 aromatic carbocycles. The molecule has 5 rings (SSSR count). The van der Waals surface area contributed by atoms with Crippen molar-refractivity contribution in [2.75, 3.05) is 0 Å². The highest BCUT2D eigenvalue weighted by Crippen LogP contribution is 2.51. The number of benzene rings is 3. The Morgan fingerprint density at radius 2 is 1.22 bits per heavy atom. The molecule has 0 aliphatic carbocycles. The maximum Gasteiger partial charge on any atom is 0.246 e. The highest BCUT2D eigenvalue weighted by Gasteiger charge is 2.44. The standard InChI is InChI=1S/C29H26N2O5/c32-27-24(23(30-27)17-16-20-10-4-1-5-11-20)31-28(33)25(35-18-21-12-6-2-7-13-21)26(29(31)34)36-19-22-14-8-3-9-15-22/h1-17,23-24,33-34H,18-19H2,(H,30,32). The summed E-state index contributed by atoms with van der Waals surface area (Å²) in [5.74, 6) is -1.10. The summed E-state index contributed by atoms with van der Waals surface area (Å²) in [5.41, 5.74) is 2.73. The first-order chi connectivity index (χ1) is 17.6. The van der Waals surface area contributed by atoms with Crippen LogP contribution in [0.4, 0.5) is 0 Å². The van der Waals surface area contributed by atoms with Crippen molar-refractivity contribution < 1.29 is 24.5 Å². The van der Waals surface area contributed by atoms with E-state index >= 15 is 0 Å². The van der Waals surface area contributed by atoms with Gasteiger partial charge in [0.05, 0.1) is 6.04 Å². The zero-order chi connectivity index (χ0) is 24.9. The number of amides is 1. The highest BCUT2D eigenvalue weighted by molar-refractivity contribution is 5.89. The van der Waals surface area contributed by atoms with Crippen LogP contribution < -0.4 is 14.8 Å². The SMILES string of the molecule is O=C1NC(C=Cc2ccccc2)C1n1c(O)c(OCc2ccccc2)c(OCc2ccccc2)c1O. The van der Waals surface area contributed by atoms with Crippen LogP contribution in [0.15, 0.2) is 97.1 Å². The number of rotatable bonds is 9. The molecule has 1 fully saturated rings. The minimum absolute atomic E-state index is 0.0160. The van der Waals surface area contributed by atoms with Crippen molar-refractivity contribution in [2.45, 2.75) is 25.3 Å². The van der Waals surface area contributed by atoms with Crippen molar-refractivity contribution in [3.63, 3.8) is 0 Å². The summed E-state index contributed by atoms with van der Waals surface area (Å²) in [6.07, 6.45) is 3.71. The molecule has 1 aliphatic heterocycles. The van der Waals surface area contributed by atoms with E-state index in [4.69, 9.17) is 9.47 Å². The molecule has 1 aromatic heterocycles. The molecule has 2 heterocycles. The van der Waals surface area contributed by atoms with E-state index in [1.807, 2.05) is 103 Å². The quantitative estimate of drug-likeness (QED) is 0.298. The largest absolute Gasteiger partial charge is 0.492 e. The maximum atomic E-state index is 12.6. The molecule has 1 aliphatic rings. The van der Waals surface area contributed by atoms with Crippen LogP contribution in [0.1, 0.15) is 22.7 Å². The fraction of sp³-hybridized carbons (Fsp3) is 0.138. The van der Waals surface area contributed by atoms with E-state index in [2.05, 4.69) is 5.32 Å². The van der Waals surface area contributed by atoms with Crippen LogP contribution in [0.25, 0.3) is 6.08 Å². The van der Waals surface area contributed by atoms with E-state index in [0.717, 1.165) is 16.7 Å². The topological polar surface area (TPSA) is 93.0 Å². The van der Waals surface area contributed by atoms with Gasteiger partial charge in [-0.3, -0.25) is 9.36 Å². The summed E-state index contributed by atoms with van der Waals surface area (Å²) < 4.78 is 13.0. The minimum atomic E-state index is -0.863. The molecular weight excluding hydrogens is 456 g/mol.